The number of carbonyl (C=O) groups excluding carboxylic acids is 1. The molecule has 3 rings (SSSR count). The molecule has 22 heavy (non-hydrogen) atoms. The summed E-state index contributed by atoms with van der Waals surface area (Å²) in [6.45, 7) is 1.40. The number of aromatic nitrogens is 2. The van der Waals surface area contributed by atoms with E-state index in [-0.39, 0.29) is 5.91 Å². The number of aryl methyl sites for hydroxylation is 1. The van der Waals surface area contributed by atoms with Gasteiger partial charge in [-0.25, -0.2) is 4.98 Å². The maximum Gasteiger partial charge on any atom is 0.286 e. The number of imidazole rings is 1. The number of amides is 1. The molecule has 5 heteroatoms. The van der Waals surface area contributed by atoms with Gasteiger partial charge in [-0.15, -0.1) is 0 Å². The lowest BCUT2D eigenvalue weighted by atomic mass is 10.2. The van der Waals surface area contributed by atoms with Gasteiger partial charge in [0.15, 0.2) is 5.76 Å². The summed E-state index contributed by atoms with van der Waals surface area (Å²) in [6, 6.07) is 13.4. The highest BCUT2D eigenvalue weighted by atomic mass is 16.3. The Morgan fingerprint density at radius 1 is 1.18 bits per heavy atom. The Morgan fingerprint density at radius 3 is 2.82 bits per heavy atom. The van der Waals surface area contributed by atoms with Gasteiger partial charge in [-0.05, 0) is 18.6 Å². The molecule has 0 aliphatic heterocycles. The van der Waals surface area contributed by atoms with Crippen LogP contribution in [-0.4, -0.2) is 22.0 Å². The molecule has 1 aromatic carbocycles. The Bertz CT molecular complexity index is 717. The van der Waals surface area contributed by atoms with E-state index in [1.165, 1.54) is 6.26 Å². The molecule has 0 spiro atoms. The van der Waals surface area contributed by atoms with Crippen molar-refractivity contribution in [3.05, 3.63) is 67.0 Å². The molecule has 0 radical (unpaired) electrons. The van der Waals surface area contributed by atoms with Crippen molar-refractivity contribution >= 4 is 5.91 Å². The monoisotopic (exact) mass is 295 g/mol. The number of hydrogen-bond donors (Lipinski definition) is 1. The minimum atomic E-state index is -0.180. The SMILES string of the molecule is O=C(NCCCn1cnc(-c2ccccc2)c1)c1ccco1. The molecular weight excluding hydrogens is 278 g/mol. The van der Waals surface area contributed by atoms with E-state index in [9.17, 15) is 4.79 Å². The molecular formula is C17H17N3O2. The van der Waals surface area contributed by atoms with Gasteiger partial charge in [0, 0.05) is 24.8 Å². The Balaban J connectivity index is 1.47. The molecule has 1 amide bonds. The molecule has 1 N–H and O–H groups in total. The minimum Gasteiger partial charge on any atom is -0.459 e. The first-order valence-corrected chi connectivity index (χ1v) is 7.22. The van der Waals surface area contributed by atoms with Gasteiger partial charge in [-0.3, -0.25) is 4.79 Å². The summed E-state index contributed by atoms with van der Waals surface area (Å²) in [5.41, 5.74) is 2.06. The molecule has 2 heterocycles. The molecule has 0 aliphatic carbocycles. The molecule has 2 aromatic heterocycles. The van der Waals surface area contributed by atoms with Crippen LogP contribution >= 0.6 is 0 Å². The molecule has 0 fully saturated rings. The maximum absolute atomic E-state index is 11.7. The maximum atomic E-state index is 11.7. The molecule has 112 valence electrons. The quantitative estimate of drug-likeness (QED) is 0.711. The molecule has 0 unspecified atom stereocenters. The highest BCUT2D eigenvalue weighted by Crippen LogP contribution is 2.15. The van der Waals surface area contributed by atoms with Crippen molar-refractivity contribution in [2.24, 2.45) is 0 Å². The van der Waals surface area contributed by atoms with Gasteiger partial charge < -0.3 is 14.3 Å². The summed E-state index contributed by atoms with van der Waals surface area (Å²) >= 11 is 0. The van der Waals surface area contributed by atoms with E-state index in [1.54, 1.807) is 12.1 Å². The van der Waals surface area contributed by atoms with Crippen LogP contribution in [0.3, 0.4) is 0 Å². The van der Waals surface area contributed by atoms with Gasteiger partial charge >= 0.3 is 0 Å². The fraction of sp³-hybridized carbons (Fsp3) is 0.176. The summed E-state index contributed by atoms with van der Waals surface area (Å²) in [7, 11) is 0. The number of nitrogens with zero attached hydrogens (tertiary/aromatic N) is 2. The van der Waals surface area contributed by atoms with Crippen LogP contribution < -0.4 is 5.32 Å². The minimum absolute atomic E-state index is 0.180. The van der Waals surface area contributed by atoms with E-state index in [0.29, 0.717) is 12.3 Å². The third kappa shape index (κ3) is 3.44. The lowest BCUT2D eigenvalue weighted by molar-refractivity contribution is 0.0925. The van der Waals surface area contributed by atoms with Crippen LogP contribution in [0.25, 0.3) is 11.3 Å². The highest BCUT2D eigenvalue weighted by molar-refractivity contribution is 5.91. The van der Waals surface area contributed by atoms with Gasteiger partial charge in [0.25, 0.3) is 5.91 Å². The van der Waals surface area contributed by atoms with Gasteiger partial charge in [0.2, 0.25) is 0 Å². The average Bonchev–Trinajstić information content (AvgIpc) is 3.24. The number of nitrogens with one attached hydrogen (secondary N) is 1. The standard InChI is InChI=1S/C17H17N3O2/c21-17(16-8-4-11-22-16)18-9-5-10-20-12-15(19-13-20)14-6-2-1-3-7-14/h1-4,6-8,11-13H,5,9-10H2,(H,18,21). The van der Waals surface area contributed by atoms with Crippen LogP contribution in [0.2, 0.25) is 0 Å². The van der Waals surface area contributed by atoms with Crippen molar-refractivity contribution in [1.82, 2.24) is 14.9 Å². The average molecular weight is 295 g/mol. The Hall–Kier alpha value is -2.82. The fourth-order valence-corrected chi connectivity index (χ4v) is 2.20. The van der Waals surface area contributed by atoms with E-state index < -0.39 is 0 Å². The second-order valence-corrected chi connectivity index (χ2v) is 4.95. The summed E-state index contributed by atoms with van der Waals surface area (Å²) in [4.78, 5) is 16.1. The third-order valence-electron chi connectivity index (χ3n) is 3.33. The lowest BCUT2D eigenvalue weighted by Crippen LogP contribution is -2.24. The van der Waals surface area contributed by atoms with Crippen molar-refractivity contribution in [2.75, 3.05) is 6.54 Å². The first-order chi connectivity index (χ1) is 10.8. The Morgan fingerprint density at radius 2 is 2.05 bits per heavy atom. The first kappa shape index (κ1) is 14.1. The normalized spacial score (nSPS) is 10.5. The van der Waals surface area contributed by atoms with E-state index in [2.05, 4.69) is 10.3 Å². The van der Waals surface area contributed by atoms with Gasteiger partial charge in [-0.2, -0.15) is 0 Å². The Labute approximate surface area is 128 Å². The second-order valence-electron chi connectivity index (χ2n) is 4.95. The zero-order valence-electron chi connectivity index (χ0n) is 12.1. The van der Waals surface area contributed by atoms with E-state index >= 15 is 0 Å². The molecule has 0 atom stereocenters. The molecule has 5 nitrogen and oxygen atoms in total. The lowest BCUT2D eigenvalue weighted by Gasteiger charge is -2.04. The van der Waals surface area contributed by atoms with Crippen molar-refractivity contribution in [3.63, 3.8) is 0 Å². The second kappa shape index (κ2) is 6.76. The van der Waals surface area contributed by atoms with Crippen molar-refractivity contribution in [3.8, 4) is 11.3 Å². The van der Waals surface area contributed by atoms with Crippen molar-refractivity contribution in [2.45, 2.75) is 13.0 Å². The first-order valence-electron chi connectivity index (χ1n) is 7.22. The van der Waals surface area contributed by atoms with Crippen molar-refractivity contribution < 1.29 is 9.21 Å². The largest absolute Gasteiger partial charge is 0.459 e. The summed E-state index contributed by atoms with van der Waals surface area (Å²) < 4.78 is 7.06. The highest BCUT2D eigenvalue weighted by Gasteiger charge is 2.07. The molecule has 0 aliphatic rings. The Kier molecular flexibility index (Phi) is 4.34. The summed E-state index contributed by atoms with van der Waals surface area (Å²) in [5.74, 6) is 0.162. The smallest absolute Gasteiger partial charge is 0.286 e. The molecule has 0 saturated heterocycles. The zero-order chi connectivity index (χ0) is 15.2. The van der Waals surface area contributed by atoms with Crippen LogP contribution in [0.1, 0.15) is 17.0 Å². The predicted molar refractivity (Wildman–Crippen MR) is 83.3 cm³/mol. The predicted octanol–water partition coefficient (Wildman–Crippen LogP) is 2.96. The van der Waals surface area contributed by atoms with Crippen LogP contribution in [0.4, 0.5) is 0 Å². The van der Waals surface area contributed by atoms with Crippen molar-refractivity contribution in [1.29, 1.82) is 0 Å². The van der Waals surface area contributed by atoms with Crippen LogP contribution in [-0.2, 0) is 6.54 Å². The number of hydrogen-bond acceptors (Lipinski definition) is 3. The van der Waals surface area contributed by atoms with Crippen LogP contribution in [0.5, 0.6) is 0 Å². The molecule has 0 saturated carbocycles. The van der Waals surface area contributed by atoms with E-state index in [4.69, 9.17) is 4.42 Å². The van der Waals surface area contributed by atoms with E-state index in [1.807, 2.05) is 47.4 Å². The topological polar surface area (TPSA) is 60.1 Å². The zero-order valence-corrected chi connectivity index (χ0v) is 12.1. The summed E-state index contributed by atoms with van der Waals surface area (Å²) in [6.07, 6.45) is 6.16. The number of rotatable bonds is 6. The van der Waals surface area contributed by atoms with E-state index in [0.717, 1.165) is 24.2 Å². The third-order valence-corrected chi connectivity index (χ3v) is 3.33. The summed E-state index contributed by atoms with van der Waals surface area (Å²) in [5, 5.41) is 2.83. The van der Waals surface area contributed by atoms with Gasteiger partial charge in [-0.1, -0.05) is 30.3 Å². The fourth-order valence-electron chi connectivity index (χ4n) is 2.20. The number of carbonyl (C=O) groups is 1. The molecule has 3 aromatic rings. The number of furan rings is 1. The molecule has 0 bridgehead atoms. The van der Waals surface area contributed by atoms with Crippen LogP contribution in [0.15, 0.2) is 65.7 Å². The van der Waals surface area contributed by atoms with Gasteiger partial charge in [0.05, 0.1) is 18.3 Å². The number of benzene rings is 1. The van der Waals surface area contributed by atoms with Crippen LogP contribution in [0, 0.1) is 0 Å². The van der Waals surface area contributed by atoms with Gasteiger partial charge in [0.1, 0.15) is 0 Å².